The third-order valence-corrected chi connectivity index (χ3v) is 1.06. The van der Waals surface area contributed by atoms with Gasteiger partial charge in [0.2, 0.25) is 0 Å². The predicted molar refractivity (Wildman–Crippen MR) is 34.6 cm³/mol. The van der Waals surface area contributed by atoms with E-state index in [1.165, 1.54) is 0 Å². The SMILES string of the molecule is C#CC1=CN=CCC1. The number of hydrogen-bond donors (Lipinski definition) is 0. The Morgan fingerprint density at radius 3 is 3.00 bits per heavy atom. The van der Waals surface area contributed by atoms with Gasteiger partial charge in [0, 0.05) is 18.0 Å². The minimum absolute atomic E-state index is 0.986. The summed E-state index contributed by atoms with van der Waals surface area (Å²) in [6, 6.07) is 0. The summed E-state index contributed by atoms with van der Waals surface area (Å²) < 4.78 is 0. The Balaban J connectivity index is 2.67. The summed E-state index contributed by atoms with van der Waals surface area (Å²) in [4.78, 5) is 3.90. The fourth-order valence-corrected chi connectivity index (χ4v) is 0.611. The molecule has 0 saturated carbocycles. The molecule has 0 radical (unpaired) electrons. The Labute approximate surface area is 49.1 Å². The number of allylic oxidation sites excluding steroid dienone is 1. The van der Waals surface area contributed by atoms with Gasteiger partial charge in [-0.15, -0.1) is 6.42 Å². The van der Waals surface area contributed by atoms with Gasteiger partial charge in [-0.3, -0.25) is 4.99 Å². The molecule has 0 unspecified atom stereocenters. The van der Waals surface area contributed by atoms with Crippen molar-refractivity contribution in [1.82, 2.24) is 0 Å². The summed E-state index contributed by atoms with van der Waals surface area (Å²) in [5.41, 5.74) is 1.01. The van der Waals surface area contributed by atoms with E-state index in [0.717, 1.165) is 18.4 Å². The molecule has 0 aromatic heterocycles. The zero-order valence-electron chi connectivity index (χ0n) is 4.59. The maximum Gasteiger partial charge on any atom is 0.0379 e. The molecule has 8 heavy (non-hydrogen) atoms. The van der Waals surface area contributed by atoms with E-state index in [-0.39, 0.29) is 0 Å². The molecule has 1 heterocycles. The lowest BCUT2D eigenvalue weighted by Gasteiger charge is -1.97. The molecule has 0 aliphatic carbocycles. The molecule has 1 rings (SSSR count). The van der Waals surface area contributed by atoms with Crippen molar-refractivity contribution in [3.8, 4) is 12.3 Å². The second-order valence-corrected chi connectivity index (χ2v) is 1.67. The van der Waals surface area contributed by atoms with Crippen molar-refractivity contribution in [2.24, 2.45) is 4.99 Å². The lowest BCUT2D eigenvalue weighted by Crippen LogP contribution is -1.85. The second kappa shape index (κ2) is 2.32. The van der Waals surface area contributed by atoms with Gasteiger partial charge in [0.15, 0.2) is 0 Å². The van der Waals surface area contributed by atoms with Gasteiger partial charge < -0.3 is 0 Å². The quantitative estimate of drug-likeness (QED) is 0.412. The molecule has 0 fully saturated rings. The molecular weight excluding hydrogens is 98.1 g/mol. The fraction of sp³-hybridized carbons (Fsp3) is 0.286. The van der Waals surface area contributed by atoms with Crippen LogP contribution < -0.4 is 0 Å². The maximum atomic E-state index is 5.11. The third kappa shape index (κ3) is 0.974. The Morgan fingerprint density at radius 2 is 2.62 bits per heavy atom. The molecular formula is C7H7N. The lowest BCUT2D eigenvalue weighted by molar-refractivity contribution is 1.04. The first-order valence-corrected chi connectivity index (χ1v) is 2.61. The van der Waals surface area contributed by atoms with Gasteiger partial charge in [-0.25, -0.2) is 0 Å². The molecule has 0 amide bonds. The molecule has 0 atom stereocenters. The summed E-state index contributed by atoms with van der Waals surface area (Å²) in [5, 5.41) is 0. The van der Waals surface area contributed by atoms with Crippen LogP contribution in [0.3, 0.4) is 0 Å². The summed E-state index contributed by atoms with van der Waals surface area (Å²) in [5.74, 6) is 2.55. The van der Waals surface area contributed by atoms with E-state index in [9.17, 15) is 0 Å². The Kier molecular flexibility index (Phi) is 1.48. The van der Waals surface area contributed by atoms with Crippen molar-refractivity contribution >= 4 is 6.21 Å². The molecule has 0 bridgehead atoms. The summed E-state index contributed by atoms with van der Waals surface area (Å²) in [6.07, 6.45) is 10.7. The van der Waals surface area contributed by atoms with Crippen LogP contribution in [0.25, 0.3) is 0 Å². The molecule has 0 aromatic rings. The molecule has 40 valence electrons. The van der Waals surface area contributed by atoms with Crippen LogP contribution in [0.1, 0.15) is 12.8 Å². The molecule has 1 aliphatic rings. The highest BCUT2D eigenvalue weighted by atomic mass is 14.7. The van der Waals surface area contributed by atoms with E-state index < -0.39 is 0 Å². The van der Waals surface area contributed by atoms with E-state index in [0.29, 0.717) is 0 Å². The minimum atomic E-state index is 0.986. The van der Waals surface area contributed by atoms with Gasteiger partial charge in [0.05, 0.1) is 0 Å². The van der Waals surface area contributed by atoms with Gasteiger partial charge in [-0.2, -0.15) is 0 Å². The summed E-state index contributed by atoms with van der Waals surface area (Å²) >= 11 is 0. The number of aliphatic imine (C=N–C) groups is 1. The summed E-state index contributed by atoms with van der Waals surface area (Å²) in [6.45, 7) is 0. The lowest BCUT2D eigenvalue weighted by atomic mass is 10.1. The Hall–Kier alpha value is -1.03. The van der Waals surface area contributed by atoms with Crippen molar-refractivity contribution in [1.29, 1.82) is 0 Å². The summed E-state index contributed by atoms with van der Waals surface area (Å²) in [7, 11) is 0. The molecule has 1 aliphatic heterocycles. The van der Waals surface area contributed by atoms with Crippen LogP contribution in [0, 0.1) is 12.3 Å². The van der Waals surface area contributed by atoms with E-state index in [1.807, 2.05) is 6.21 Å². The fourth-order valence-electron chi connectivity index (χ4n) is 0.611. The number of terminal acetylenes is 1. The van der Waals surface area contributed by atoms with E-state index >= 15 is 0 Å². The topological polar surface area (TPSA) is 12.4 Å². The van der Waals surface area contributed by atoms with Gasteiger partial charge >= 0.3 is 0 Å². The van der Waals surface area contributed by atoms with E-state index in [1.54, 1.807) is 6.20 Å². The third-order valence-electron chi connectivity index (χ3n) is 1.06. The smallest absolute Gasteiger partial charge is 0.0379 e. The molecule has 0 saturated heterocycles. The first kappa shape index (κ1) is 5.11. The van der Waals surface area contributed by atoms with Gasteiger partial charge in [0.1, 0.15) is 0 Å². The van der Waals surface area contributed by atoms with Crippen molar-refractivity contribution in [2.75, 3.05) is 0 Å². The minimum Gasteiger partial charge on any atom is -0.268 e. The number of nitrogens with zero attached hydrogens (tertiary/aromatic N) is 1. The van der Waals surface area contributed by atoms with E-state index in [2.05, 4.69) is 10.9 Å². The zero-order chi connectivity index (χ0) is 5.82. The maximum absolute atomic E-state index is 5.11. The normalized spacial score (nSPS) is 17.1. The van der Waals surface area contributed by atoms with Crippen LogP contribution in [-0.4, -0.2) is 6.21 Å². The molecule has 1 nitrogen and oxygen atoms in total. The van der Waals surface area contributed by atoms with E-state index in [4.69, 9.17) is 6.42 Å². The van der Waals surface area contributed by atoms with Crippen molar-refractivity contribution in [3.63, 3.8) is 0 Å². The highest BCUT2D eigenvalue weighted by molar-refractivity contribution is 5.61. The Morgan fingerprint density at radius 1 is 1.75 bits per heavy atom. The number of rotatable bonds is 0. The molecule has 1 heteroatoms. The molecule has 0 aromatic carbocycles. The average Bonchev–Trinajstić information content (AvgIpc) is 1.90. The van der Waals surface area contributed by atoms with Crippen molar-refractivity contribution in [2.45, 2.75) is 12.8 Å². The van der Waals surface area contributed by atoms with Crippen LogP contribution in [0.4, 0.5) is 0 Å². The van der Waals surface area contributed by atoms with Crippen molar-refractivity contribution < 1.29 is 0 Å². The average molecular weight is 105 g/mol. The molecule has 0 N–H and O–H groups in total. The number of hydrogen-bond acceptors (Lipinski definition) is 1. The standard InChI is InChI=1S/C7H7N/c1-2-7-4-3-5-8-6-7/h1,5-6H,3-4H2. The van der Waals surface area contributed by atoms with Gasteiger partial charge in [-0.05, 0) is 12.8 Å². The monoisotopic (exact) mass is 105 g/mol. The second-order valence-electron chi connectivity index (χ2n) is 1.67. The zero-order valence-corrected chi connectivity index (χ0v) is 4.59. The van der Waals surface area contributed by atoms with Gasteiger partial charge in [-0.1, -0.05) is 5.92 Å². The van der Waals surface area contributed by atoms with Crippen LogP contribution in [0.2, 0.25) is 0 Å². The van der Waals surface area contributed by atoms with Crippen LogP contribution >= 0.6 is 0 Å². The first-order chi connectivity index (χ1) is 3.93. The van der Waals surface area contributed by atoms with Crippen LogP contribution in [-0.2, 0) is 0 Å². The first-order valence-electron chi connectivity index (χ1n) is 2.61. The van der Waals surface area contributed by atoms with Crippen LogP contribution in [0.5, 0.6) is 0 Å². The van der Waals surface area contributed by atoms with Gasteiger partial charge in [0.25, 0.3) is 0 Å². The van der Waals surface area contributed by atoms with Crippen molar-refractivity contribution in [3.05, 3.63) is 11.8 Å². The Bertz CT molecular complexity index is 169. The predicted octanol–water partition coefficient (Wildman–Crippen LogP) is 1.37. The van der Waals surface area contributed by atoms with Crippen LogP contribution in [0.15, 0.2) is 16.8 Å². The highest BCUT2D eigenvalue weighted by Crippen LogP contribution is 2.05. The highest BCUT2D eigenvalue weighted by Gasteiger charge is 1.93. The molecule has 0 spiro atoms. The largest absolute Gasteiger partial charge is 0.268 e.